The van der Waals surface area contributed by atoms with Crippen molar-refractivity contribution in [3.05, 3.63) is 22.8 Å². The largest absolute Gasteiger partial charge is 0.416 e. The highest BCUT2D eigenvalue weighted by atomic mass is 35.5. The van der Waals surface area contributed by atoms with Crippen molar-refractivity contribution in [2.45, 2.75) is 44.8 Å². The first-order chi connectivity index (χ1) is 9.29. The molecule has 1 aliphatic rings. The number of nitrogens with zero attached hydrogens (tertiary/aromatic N) is 2. The van der Waals surface area contributed by atoms with E-state index in [1.165, 1.54) is 6.42 Å². The number of alkyl halides is 3. The molecule has 2 atom stereocenters. The molecule has 0 radical (unpaired) electrons. The van der Waals surface area contributed by atoms with Gasteiger partial charge in [-0.05, 0) is 30.9 Å². The smallest absolute Gasteiger partial charge is 0.356 e. The number of rotatable bonds is 2. The third-order valence-corrected chi connectivity index (χ3v) is 4.23. The van der Waals surface area contributed by atoms with Crippen LogP contribution in [0.5, 0.6) is 0 Å². The van der Waals surface area contributed by atoms with Gasteiger partial charge in [-0.3, -0.25) is 0 Å². The van der Waals surface area contributed by atoms with Crippen molar-refractivity contribution in [1.82, 2.24) is 4.98 Å². The van der Waals surface area contributed by atoms with E-state index in [-0.39, 0.29) is 11.2 Å². The summed E-state index contributed by atoms with van der Waals surface area (Å²) in [4.78, 5) is 5.89. The van der Waals surface area contributed by atoms with Crippen molar-refractivity contribution in [1.29, 1.82) is 0 Å². The van der Waals surface area contributed by atoms with Crippen LogP contribution in [0.1, 0.15) is 38.2 Å². The SMILES string of the molecule is CC1CCCCC1N(C)c1cc(C(F)(F)F)cc(Cl)n1. The Morgan fingerprint density at radius 3 is 2.50 bits per heavy atom. The second-order valence-corrected chi connectivity index (χ2v) is 5.86. The fourth-order valence-corrected chi connectivity index (χ4v) is 3.07. The van der Waals surface area contributed by atoms with Crippen LogP contribution in [0.25, 0.3) is 0 Å². The number of aromatic nitrogens is 1. The zero-order chi connectivity index (χ0) is 14.9. The van der Waals surface area contributed by atoms with Gasteiger partial charge in [-0.1, -0.05) is 31.4 Å². The van der Waals surface area contributed by atoms with Gasteiger partial charge in [0.2, 0.25) is 0 Å². The highest BCUT2D eigenvalue weighted by Gasteiger charge is 2.33. The van der Waals surface area contributed by atoms with Gasteiger partial charge in [0.25, 0.3) is 0 Å². The zero-order valence-corrected chi connectivity index (χ0v) is 12.3. The second-order valence-electron chi connectivity index (χ2n) is 5.47. The van der Waals surface area contributed by atoms with Crippen LogP contribution in [0.3, 0.4) is 0 Å². The predicted molar refractivity (Wildman–Crippen MR) is 74.1 cm³/mol. The number of anilines is 1. The van der Waals surface area contributed by atoms with Crippen molar-refractivity contribution < 1.29 is 13.2 Å². The highest BCUT2D eigenvalue weighted by Crippen LogP contribution is 2.35. The molecule has 20 heavy (non-hydrogen) atoms. The minimum Gasteiger partial charge on any atom is -0.356 e. The summed E-state index contributed by atoms with van der Waals surface area (Å²) in [5.41, 5.74) is -0.747. The quantitative estimate of drug-likeness (QED) is 0.732. The Morgan fingerprint density at radius 2 is 1.90 bits per heavy atom. The van der Waals surface area contributed by atoms with E-state index in [1.54, 1.807) is 7.05 Å². The normalized spacial score (nSPS) is 23.7. The van der Waals surface area contributed by atoms with Gasteiger partial charge in [0.1, 0.15) is 11.0 Å². The van der Waals surface area contributed by atoms with Gasteiger partial charge in [0.05, 0.1) is 5.56 Å². The average Bonchev–Trinajstić information content (AvgIpc) is 2.37. The van der Waals surface area contributed by atoms with E-state index in [0.717, 1.165) is 31.4 Å². The van der Waals surface area contributed by atoms with Crippen LogP contribution in [-0.2, 0) is 6.18 Å². The number of hydrogen-bond donors (Lipinski definition) is 0. The van der Waals surface area contributed by atoms with Crippen LogP contribution in [-0.4, -0.2) is 18.1 Å². The van der Waals surface area contributed by atoms with Gasteiger partial charge in [-0.25, -0.2) is 4.98 Å². The number of halogens is 4. The first-order valence-electron chi connectivity index (χ1n) is 6.76. The molecular formula is C14H18ClF3N2. The number of pyridine rings is 1. The van der Waals surface area contributed by atoms with Crippen LogP contribution >= 0.6 is 11.6 Å². The van der Waals surface area contributed by atoms with Gasteiger partial charge in [-0.2, -0.15) is 13.2 Å². The molecule has 0 spiro atoms. The van der Waals surface area contributed by atoms with Crippen LogP contribution < -0.4 is 4.90 Å². The zero-order valence-electron chi connectivity index (χ0n) is 11.5. The Morgan fingerprint density at radius 1 is 1.25 bits per heavy atom. The number of hydrogen-bond acceptors (Lipinski definition) is 2. The van der Waals surface area contributed by atoms with Crippen molar-refractivity contribution in [2.75, 3.05) is 11.9 Å². The summed E-state index contributed by atoms with van der Waals surface area (Å²) < 4.78 is 38.5. The topological polar surface area (TPSA) is 16.1 Å². The molecule has 1 fully saturated rings. The summed E-state index contributed by atoms with van der Waals surface area (Å²) in [6, 6.07) is 2.16. The van der Waals surface area contributed by atoms with Crippen LogP contribution in [0, 0.1) is 5.92 Å². The van der Waals surface area contributed by atoms with Crippen molar-refractivity contribution >= 4 is 17.4 Å². The first kappa shape index (κ1) is 15.4. The Bertz CT molecular complexity index is 476. The van der Waals surface area contributed by atoms with E-state index in [2.05, 4.69) is 11.9 Å². The third-order valence-electron chi connectivity index (χ3n) is 4.03. The minimum atomic E-state index is -4.40. The molecule has 1 aromatic heterocycles. The molecule has 0 aliphatic heterocycles. The van der Waals surface area contributed by atoms with Gasteiger partial charge in [-0.15, -0.1) is 0 Å². The molecule has 0 aromatic carbocycles. The van der Waals surface area contributed by atoms with E-state index in [0.29, 0.717) is 11.7 Å². The molecule has 1 aliphatic carbocycles. The molecule has 1 saturated carbocycles. The summed E-state index contributed by atoms with van der Waals surface area (Å²) in [6.07, 6.45) is -0.0381. The summed E-state index contributed by atoms with van der Waals surface area (Å²) >= 11 is 5.74. The molecule has 1 heterocycles. The molecule has 2 unspecified atom stereocenters. The van der Waals surface area contributed by atoms with Crippen LogP contribution in [0.2, 0.25) is 5.15 Å². The minimum absolute atomic E-state index is 0.120. The Balaban J connectivity index is 2.29. The van der Waals surface area contributed by atoms with E-state index >= 15 is 0 Å². The van der Waals surface area contributed by atoms with Gasteiger partial charge < -0.3 is 4.90 Å². The van der Waals surface area contributed by atoms with Gasteiger partial charge >= 0.3 is 6.18 Å². The Hall–Kier alpha value is -0.970. The molecule has 0 amide bonds. The first-order valence-corrected chi connectivity index (χ1v) is 7.14. The molecule has 6 heteroatoms. The Kier molecular flexibility index (Phi) is 4.47. The molecule has 112 valence electrons. The lowest BCUT2D eigenvalue weighted by atomic mass is 9.85. The summed E-state index contributed by atoms with van der Waals surface area (Å²) in [7, 11) is 1.80. The van der Waals surface area contributed by atoms with Crippen molar-refractivity contribution in [2.24, 2.45) is 5.92 Å². The lowest BCUT2D eigenvalue weighted by molar-refractivity contribution is -0.137. The maximum atomic E-state index is 12.8. The molecule has 1 aromatic rings. The molecule has 0 N–H and O–H groups in total. The maximum Gasteiger partial charge on any atom is 0.416 e. The highest BCUT2D eigenvalue weighted by molar-refractivity contribution is 6.29. The summed E-state index contributed by atoms with van der Waals surface area (Å²) in [5, 5.41) is -0.120. The monoisotopic (exact) mass is 306 g/mol. The fourth-order valence-electron chi connectivity index (χ4n) is 2.87. The predicted octanol–water partition coefficient (Wildman–Crippen LogP) is 4.77. The molecule has 2 nitrogen and oxygen atoms in total. The molecular weight excluding hydrogens is 289 g/mol. The average molecular weight is 307 g/mol. The van der Waals surface area contributed by atoms with E-state index in [1.807, 2.05) is 4.90 Å². The lowest BCUT2D eigenvalue weighted by Gasteiger charge is -2.37. The van der Waals surface area contributed by atoms with E-state index < -0.39 is 11.7 Å². The van der Waals surface area contributed by atoms with Crippen molar-refractivity contribution in [3.8, 4) is 0 Å². The van der Waals surface area contributed by atoms with Crippen molar-refractivity contribution in [3.63, 3.8) is 0 Å². The van der Waals surface area contributed by atoms with E-state index in [9.17, 15) is 13.2 Å². The lowest BCUT2D eigenvalue weighted by Crippen LogP contribution is -2.39. The maximum absolute atomic E-state index is 12.8. The van der Waals surface area contributed by atoms with Crippen LogP contribution in [0.4, 0.5) is 19.0 Å². The summed E-state index contributed by atoms with van der Waals surface area (Å²) in [6.45, 7) is 2.13. The Labute approximate surface area is 121 Å². The molecule has 2 rings (SSSR count). The van der Waals surface area contributed by atoms with E-state index in [4.69, 9.17) is 11.6 Å². The van der Waals surface area contributed by atoms with Gasteiger partial charge in [0.15, 0.2) is 0 Å². The van der Waals surface area contributed by atoms with Gasteiger partial charge in [0, 0.05) is 13.1 Å². The third kappa shape index (κ3) is 3.37. The fraction of sp³-hybridized carbons (Fsp3) is 0.643. The second kappa shape index (κ2) is 5.80. The molecule has 0 bridgehead atoms. The summed E-state index contributed by atoms with van der Waals surface area (Å²) in [5.74, 6) is 0.743. The molecule has 0 saturated heterocycles. The standard InChI is InChI=1S/C14H18ClF3N2/c1-9-5-3-4-6-11(9)20(2)13-8-10(14(16,17)18)7-12(15)19-13/h7-9,11H,3-6H2,1-2H3. The van der Waals surface area contributed by atoms with Crippen LogP contribution in [0.15, 0.2) is 12.1 Å².